The van der Waals surface area contributed by atoms with Gasteiger partial charge in [-0.25, -0.2) is 0 Å². The van der Waals surface area contributed by atoms with E-state index in [1.807, 2.05) is 53.6 Å². The Balaban J connectivity index is 0.000000155. The molecule has 2 fully saturated rings. The first-order chi connectivity index (χ1) is 26.2. The lowest BCUT2D eigenvalue weighted by molar-refractivity contribution is -0.125. The first-order valence-corrected chi connectivity index (χ1v) is 18.9. The normalized spacial score (nSPS) is 22.1. The van der Waals surface area contributed by atoms with Crippen molar-refractivity contribution in [2.45, 2.75) is 38.5 Å². The fraction of sp³-hybridized carbons (Fsp3) is 0.357. The summed E-state index contributed by atoms with van der Waals surface area (Å²) in [5, 5.41) is 0. The number of halogens is 1. The van der Waals surface area contributed by atoms with E-state index in [0.29, 0.717) is 43.0 Å². The van der Waals surface area contributed by atoms with Gasteiger partial charge in [-0.3, -0.25) is 24.4 Å². The number of aromatic nitrogens is 2. The average molecular weight is 793 g/mol. The molecule has 5 heterocycles. The van der Waals surface area contributed by atoms with Crippen LogP contribution in [0.5, 0.6) is 23.3 Å². The fourth-order valence-electron chi connectivity index (χ4n) is 8.65. The quantitative estimate of drug-likeness (QED) is 0.209. The summed E-state index contributed by atoms with van der Waals surface area (Å²) in [4.78, 5) is 43.7. The van der Waals surface area contributed by atoms with Crippen molar-refractivity contribution < 1.29 is 28.5 Å². The van der Waals surface area contributed by atoms with Crippen LogP contribution in [0.4, 0.5) is 11.6 Å². The van der Waals surface area contributed by atoms with Gasteiger partial charge in [0.25, 0.3) is 0 Å². The number of rotatable bonds is 7. The van der Waals surface area contributed by atoms with Crippen LogP contribution in [-0.4, -0.2) is 76.1 Å². The number of hydrogen-bond acceptors (Lipinski definition) is 9. The van der Waals surface area contributed by atoms with E-state index in [0.717, 1.165) is 65.6 Å². The van der Waals surface area contributed by atoms with Crippen LogP contribution < -0.4 is 28.7 Å². The van der Waals surface area contributed by atoms with Crippen LogP contribution in [0.25, 0.3) is 5.57 Å². The van der Waals surface area contributed by atoms with Gasteiger partial charge >= 0.3 is 0 Å². The highest BCUT2D eigenvalue weighted by atomic mass is 79.9. The molecule has 278 valence electrons. The lowest BCUT2D eigenvalue weighted by Crippen LogP contribution is -2.35. The minimum Gasteiger partial charge on any atom is -0.497 e. The number of carbonyl (C=O) groups excluding carboxylic acids is 2. The highest BCUT2D eigenvalue weighted by Crippen LogP contribution is 2.48. The number of amides is 2. The lowest BCUT2D eigenvalue weighted by atomic mass is 9.83. The molecule has 2 atom stereocenters. The molecule has 2 saturated heterocycles. The van der Waals surface area contributed by atoms with Gasteiger partial charge in [-0.05, 0) is 125 Å². The highest BCUT2D eigenvalue weighted by Gasteiger charge is 2.52. The van der Waals surface area contributed by atoms with E-state index in [2.05, 4.69) is 55.2 Å². The molecule has 2 unspecified atom stereocenters. The van der Waals surface area contributed by atoms with Gasteiger partial charge in [-0.1, -0.05) is 18.2 Å². The average Bonchev–Trinajstić information content (AvgIpc) is 4.04. The second kappa shape index (κ2) is 14.2. The van der Waals surface area contributed by atoms with Crippen LogP contribution in [0.15, 0.2) is 76.2 Å². The Hall–Kier alpha value is -5.23. The van der Waals surface area contributed by atoms with E-state index in [1.165, 1.54) is 22.3 Å². The van der Waals surface area contributed by atoms with Gasteiger partial charge in [0.05, 0.1) is 50.3 Å². The third kappa shape index (κ3) is 6.19. The van der Waals surface area contributed by atoms with Crippen molar-refractivity contribution in [3.05, 3.63) is 99.0 Å². The van der Waals surface area contributed by atoms with Gasteiger partial charge < -0.3 is 18.9 Å². The smallest absolute Gasteiger partial charge is 0.235 e. The molecule has 12 heteroatoms. The molecule has 54 heavy (non-hydrogen) atoms. The van der Waals surface area contributed by atoms with Crippen LogP contribution in [0.1, 0.15) is 40.7 Å². The molecule has 0 bridgehead atoms. The maximum Gasteiger partial charge on any atom is 0.235 e. The zero-order chi connectivity index (χ0) is 37.6. The van der Waals surface area contributed by atoms with E-state index in [1.54, 1.807) is 33.3 Å². The van der Waals surface area contributed by atoms with Gasteiger partial charge in [-0.15, -0.1) is 0 Å². The number of carbonyl (C=O) groups is 2. The molecule has 11 nitrogen and oxygen atoms in total. The third-order valence-electron chi connectivity index (χ3n) is 11.5. The molecule has 2 spiro atoms. The van der Waals surface area contributed by atoms with Crippen molar-refractivity contribution >= 4 is 51.2 Å². The molecular formula is C42H42BrN5O6. The number of fused-ring (bicyclic) bond motifs is 2. The second-order valence-corrected chi connectivity index (χ2v) is 15.3. The summed E-state index contributed by atoms with van der Waals surface area (Å²) in [6, 6.07) is 19.8. The van der Waals surface area contributed by atoms with Gasteiger partial charge in [0.15, 0.2) is 0 Å². The van der Waals surface area contributed by atoms with Gasteiger partial charge in [-0.2, -0.15) is 9.97 Å². The van der Waals surface area contributed by atoms with Crippen molar-refractivity contribution in [3.8, 4) is 23.3 Å². The molecule has 0 saturated carbocycles. The van der Waals surface area contributed by atoms with Crippen molar-refractivity contribution in [2.75, 3.05) is 57.9 Å². The number of ether oxygens (including phenoxy) is 4. The molecule has 2 amide bonds. The number of hydrogen-bond donors (Lipinski definition) is 0. The SMILES string of the molecule is COc1ccc2c(c1)CC1(CCN(c3ccc(Br)c(OC)n3)C1=O)C2.COc1ccc2c(c1)CC1(CCN(c3ccc(C4=CCN=C4)c(OC)n3)C1=O)C2. The number of allylic oxidation sites excluding steroid dienone is 1. The largest absolute Gasteiger partial charge is 0.497 e. The minimum absolute atomic E-state index is 0.150. The van der Waals surface area contributed by atoms with Crippen LogP contribution in [0.3, 0.4) is 0 Å². The monoisotopic (exact) mass is 791 g/mol. The number of methoxy groups -OCH3 is 4. The molecule has 5 aliphatic rings. The van der Waals surface area contributed by atoms with E-state index in [4.69, 9.17) is 18.9 Å². The number of anilines is 2. The van der Waals surface area contributed by atoms with Crippen LogP contribution in [0.2, 0.25) is 0 Å². The molecule has 0 N–H and O–H groups in total. The summed E-state index contributed by atoms with van der Waals surface area (Å²) in [7, 11) is 6.52. The molecule has 3 aliphatic heterocycles. The second-order valence-electron chi connectivity index (χ2n) is 14.5. The Labute approximate surface area is 323 Å². The standard InChI is InChI=1S/C23H23N3O3.C19H19BrN2O3/c1-28-18-4-3-15-12-23(13-17(15)11-18)8-10-26(22(23)27)20-6-5-19(21(25-20)29-2)16-7-9-24-14-16;1-24-14-4-3-12-10-19(11-13(12)9-14)7-8-22(18(19)23)16-6-5-15(20)17(21-16)25-2/h3-7,11,14H,8-10,12-13H2,1-2H3;3-6,9H,7-8,10-11H2,1-2H3. The molecule has 2 aromatic heterocycles. The molecule has 4 aromatic rings. The van der Waals surface area contributed by atoms with E-state index >= 15 is 0 Å². The Bertz CT molecular complexity index is 2220. The first-order valence-electron chi connectivity index (χ1n) is 18.1. The molecule has 9 rings (SSSR count). The van der Waals surface area contributed by atoms with Gasteiger partial charge in [0, 0.05) is 30.4 Å². The molecule has 2 aliphatic carbocycles. The third-order valence-corrected chi connectivity index (χ3v) is 12.1. The zero-order valence-electron chi connectivity index (χ0n) is 30.9. The van der Waals surface area contributed by atoms with Gasteiger partial charge in [0.2, 0.25) is 23.6 Å². The van der Waals surface area contributed by atoms with Crippen molar-refractivity contribution in [3.63, 3.8) is 0 Å². The maximum absolute atomic E-state index is 13.5. The summed E-state index contributed by atoms with van der Waals surface area (Å²) in [5.41, 5.74) is 6.11. The van der Waals surface area contributed by atoms with Crippen LogP contribution in [0, 0.1) is 10.8 Å². The zero-order valence-corrected chi connectivity index (χ0v) is 32.4. The van der Waals surface area contributed by atoms with Crippen molar-refractivity contribution in [1.82, 2.24) is 9.97 Å². The van der Waals surface area contributed by atoms with Crippen molar-refractivity contribution in [2.24, 2.45) is 15.8 Å². The van der Waals surface area contributed by atoms with Gasteiger partial charge in [0.1, 0.15) is 23.1 Å². The lowest BCUT2D eigenvalue weighted by Gasteiger charge is -2.22. The molecule has 0 radical (unpaired) electrons. The Morgan fingerprint density at radius 2 is 1.15 bits per heavy atom. The summed E-state index contributed by atoms with van der Waals surface area (Å²) in [6.45, 7) is 2.03. The number of benzene rings is 2. The van der Waals surface area contributed by atoms with E-state index < -0.39 is 0 Å². The Morgan fingerprint density at radius 1 is 0.630 bits per heavy atom. The summed E-state index contributed by atoms with van der Waals surface area (Å²) < 4.78 is 22.2. The van der Waals surface area contributed by atoms with E-state index in [9.17, 15) is 9.59 Å². The predicted octanol–water partition coefficient (Wildman–Crippen LogP) is 6.47. The maximum atomic E-state index is 13.5. The fourth-order valence-corrected chi connectivity index (χ4v) is 9.03. The van der Waals surface area contributed by atoms with Crippen LogP contribution >= 0.6 is 15.9 Å². The summed E-state index contributed by atoms with van der Waals surface area (Å²) in [5.74, 6) is 4.30. The molecule has 2 aromatic carbocycles. The highest BCUT2D eigenvalue weighted by molar-refractivity contribution is 9.10. The van der Waals surface area contributed by atoms with Crippen molar-refractivity contribution in [1.29, 1.82) is 0 Å². The number of pyridine rings is 2. The Kier molecular flexibility index (Phi) is 9.41. The van der Waals surface area contributed by atoms with E-state index in [-0.39, 0.29) is 22.6 Å². The topological polar surface area (TPSA) is 116 Å². The predicted molar refractivity (Wildman–Crippen MR) is 210 cm³/mol. The number of nitrogens with zero attached hydrogens (tertiary/aromatic N) is 5. The summed E-state index contributed by atoms with van der Waals surface area (Å²) >= 11 is 3.40. The van der Waals surface area contributed by atoms with Crippen LogP contribution in [-0.2, 0) is 35.3 Å². The Morgan fingerprint density at radius 3 is 1.65 bits per heavy atom. The summed E-state index contributed by atoms with van der Waals surface area (Å²) in [6.07, 6.45) is 8.62. The first kappa shape index (κ1) is 35.8. The minimum atomic E-state index is -0.372. The number of aliphatic imine (C=N–C) groups is 1. The molecular weight excluding hydrogens is 750 g/mol.